The molecule has 0 aromatic heterocycles. The molecule has 0 spiro atoms. The summed E-state index contributed by atoms with van der Waals surface area (Å²) in [6.07, 6.45) is 3.37. The van der Waals surface area contributed by atoms with Crippen LogP contribution in [0.2, 0.25) is 0 Å². The van der Waals surface area contributed by atoms with Crippen molar-refractivity contribution in [2.75, 3.05) is 19.4 Å². The molecular formula is C16H26N2O3S. The summed E-state index contributed by atoms with van der Waals surface area (Å²) >= 11 is 0. The third kappa shape index (κ3) is 4.55. The maximum atomic E-state index is 12.3. The van der Waals surface area contributed by atoms with Gasteiger partial charge in [0.25, 0.3) is 0 Å². The Labute approximate surface area is 133 Å². The van der Waals surface area contributed by atoms with Gasteiger partial charge in [-0.3, -0.25) is 4.79 Å². The second kappa shape index (κ2) is 7.74. The molecule has 1 N–H and O–H groups in total. The second-order valence-corrected chi connectivity index (χ2v) is 7.86. The highest BCUT2D eigenvalue weighted by atomic mass is 32.2. The van der Waals surface area contributed by atoms with E-state index in [1.165, 1.54) is 24.5 Å². The van der Waals surface area contributed by atoms with E-state index in [1.807, 2.05) is 13.8 Å². The highest BCUT2D eigenvalue weighted by Crippen LogP contribution is 2.25. The van der Waals surface area contributed by atoms with Gasteiger partial charge in [-0.05, 0) is 43.5 Å². The number of unbranched alkanes of at least 4 members (excludes halogenated alkanes) is 2. The van der Waals surface area contributed by atoms with Crippen LogP contribution >= 0.6 is 0 Å². The van der Waals surface area contributed by atoms with E-state index in [1.54, 1.807) is 6.07 Å². The minimum absolute atomic E-state index is 0.0737. The first kappa shape index (κ1) is 18.6. The fourth-order valence-electron chi connectivity index (χ4n) is 2.06. The predicted octanol–water partition coefficient (Wildman–Crippen LogP) is 3.07. The molecule has 0 saturated heterocycles. The molecule has 0 radical (unpaired) electrons. The van der Waals surface area contributed by atoms with Crippen LogP contribution in [0.4, 0.5) is 5.69 Å². The number of carbonyl (C=O) groups excluding carboxylic acids is 1. The number of sulfonamides is 1. The fourth-order valence-corrected chi connectivity index (χ4v) is 3.08. The topological polar surface area (TPSA) is 66.5 Å². The number of amides is 1. The van der Waals surface area contributed by atoms with Crippen molar-refractivity contribution in [2.45, 2.75) is 51.3 Å². The van der Waals surface area contributed by atoms with Crippen LogP contribution in [0, 0.1) is 13.8 Å². The minimum Gasteiger partial charge on any atom is -0.326 e. The van der Waals surface area contributed by atoms with Crippen LogP contribution in [0.3, 0.4) is 0 Å². The fraction of sp³-hybridized carbons (Fsp3) is 0.562. The summed E-state index contributed by atoms with van der Waals surface area (Å²) in [6.45, 7) is 5.81. The normalized spacial score (nSPS) is 11.7. The molecule has 1 aromatic rings. The summed E-state index contributed by atoms with van der Waals surface area (Å²) in [4.78, 5) is 12.2. The van der Waals surface area contributed by atoms with Gasteiger partial charge in [0.1, 0.15) is 0 Å². The maximum absolute atomic E-state index is 12.3. The lowest BCUT2D eigenvalue weighted by Gasteiger charge is -2.16. The standard InChI is InChI=1S/C16H26N2O3S/c1-6-7-8-9-16(19)17-15-11-14(10-12(2)13(15)3)22(20,21)18(4)5/h10-11H,6-9H2,1-5H3,(H,17,19). The quantitative estimate of drug-likeness (QED) is 0.783. The van der Waals surface area contributed by atoms with E-state index in [-0.39, 0.29) is 10.8 Å². The van der Waals surface area contributed by atoms with E-state index in [9.17, 15) is 13.2 Å². The van der Waals surface area contributed by atoms with E-state index >= 15 is 0 Å². The molecule has 0 heterocycles. The molecule has 1 amide bonds. The van der Waals surface area contributed by atoms with Gasteiger partial charge in [0.15, 0.2) is 0 Å². The van der Waals surface area contributed by atoms with Gasteiger partial charge in [-0.2, -0.15) is 0 Å². The second-order valence-electron chi connectivity index (χ2n) is 5.71. The Morgan fingerprint density at radius 2 is 1.82 bits per heavy atom. The van der Waals surface area contributed by atoms with E-state index in [4.69, 9.17) is 0 Å². The molecule has 5 nitrogen and oxygen atoms in total. The number of aryl methyl sites for hydroxylation is 1. The molecule has 1 rings (SSSR count). The number of rotatable bonds is 7. The van der Waals surface area contributed by atoms with Crippen molar-refractivity contribution in [2.24, 2.45) is 0 Å². The highest BCUT2D eigenvalue weighted by Gasteiger charge is 2.20. The molecule has 6 heteroatoms. The summed E-state index contributed by atoms with van der Waals surface area (Å²) in [5.41, 5.74) is 2.30. The molecule has 0 unspecified atom stereocenters. The molecule has 0 saturated carbocycles. The van der Waals surface area contributed by atoms with Crippen molar-refractivity contribution in [3.8, 4) is 0 Å². The van der Waals surface area contributed by atoms with Gasteiger partial charge in [-0.15, -0.1) is 0 Å². The number of hydrogen-bond donors (Lipinski definition) is 1. The lowest BCUT2D eigenvalue weighted by molar-refractivity contribution is -0.116. The number of nitrogens with one attached hydrogen (secondary N) is 1. The molecule has 0 atom stereocenters. The number of hydrogen-bond acceptors (Lipinski definition) is 3. The third-order valence-electron chi connectivity index (χ3n) is 3.70. The summed E-state index contributed by atoms with van der Waals surface area (Å²) in [5.74, 6) is -0.0737. The first-order chi connectivity index (χ1) is 10.2. The Kier molecular flexibility index (Phi) is 6.56. The van der Waals surface area contributed by atoms with E-state index < -0.39 is 10.0 Å². The SMILES string of the molecule is CCCCCC(=O)Nc1cc(S(=O)(=O)N(C)C)cc(C)c1C. The van der Waals surface area contributed by atoms with Crippen molar-refractivity contribution in [1.29, 1.82) is 0 Å². The van der Waals surface area contributed by atoms with Crippen molar-refractivity contribution in [3.63, 3.8) is 0 Å². The Balaban J connectivity index is 3.05. The first-order valence-electron chi connectivity index (χ1n) is 7.53. The zero-order chi connectivity index (χ0) is 16.9. The van der Waals surface area contributed by atoms with E-state index in [0.29, 0.717) is 12.1 Å². The van der Waals surface area contributed by atoms with Crippen molar-refractivity contribution in [3.05, 3.63) is 23.3 Å². The van der Waals surface area contributed by atoms with Crippen LogP contribution in [0.5, 0.6) is 0 Å². The number of nitrogens with zero attached hydrogens (tertiary/aromatic N) is 1. The number of benzene rings is 1. The van der Waals surface area contributed by atoms with Crippen molar-refractivity contribution < 1.29 is 13.2 Å². The Morgan fingerprint density at radius 3 is 2.36 bits per heavy atom. The Morgan fingerprint density at radius 1 is 1.18 bits per heavy atom. The summed E-state index contributed by atoms with van der Waals surface area (Å²) < 4.78 is 25.7. The van der Waals surface area contributed by atoms with Crippen LogP contribution < -0.4 is 5.32 Å². The van der Waals surface area contributed by atoms with Crippen LogP contribution in [0.15, 0.2) is 17.0 Å². The van der Waals surface area contributed by atoms with Gasteiger partial charge in [0.05, 0.1) is 4.90 Å². The van der Waals surface area contributed by atoms with Gasteiger partial charge in [0.2, 0.25) is 15.9 Å². The van der Waals surface area contributed by atoms with Gasteiger partial charge < -0.3 is 5.32 Å². The molecular weight excluding hydrogens is 300 g/mol. The van der Waals surface area contributed by atoms with Crippen LogP contribution in [-0.2, 0) is 14.8 Å². The smallest absolute Gasteiger partial charge is 0.242 e. The summed E-state index contributed by atoms with van der Waals surface area (Å²) in [5, 5.41) is 2.84. The maximum Gasteiger partial charge on any atom is 0.242 e. The largest absolute Gasteiger partial charge is 0.326 e. The monoisotopic (exact) mass is 326 g/mol. The van der Waals surface area contributed by atoms with Crippen LogP contribution in [0.25, 0.3) is 0 Å². The molecule has 0 bridgehead atoms. The lowest BCUT2D eigenvalue weighted by atomic mass is 10.1. The number of anilines is 1. The molecule has 1 aromatic carbocycles. The summed E-state index contributed by atoms with van der Waals surface area (Å²) in [6, 6.07) is 3.17. The minimum atomic E-state index is -3.51. The number of carbonyl (C=O) groups is 1. The van der Waals surface area contributed by atoms with E-state index in [2.05, 4.69) is 12.2 Å². The first-order valence-corrected chi connectivity index (χ1v) is 8.97. The lowest BCUT2D eigenvalue weighted by Crippen LogP contribution is -2.23. The van der Waals surface area contributed by atoms with Gasteiger partial charge >= 0.3 is 0 Å². The highest BCUT2D eigenvalue weighted by molar-refractivity contribution is 7.89. The van der Waals surface area contributed by atoms with Crippen LogP contribution in [-0.4, -0.2) is 32.7 Å². The van der Waals surface area contributed by atoms with Gasteiger partial charge in [-0.1, -0.05) is 19.8 Å². The summed E-state index contributed by atoms with van der Waals surface area (Å²) in [7, 11) is -0.526. The zero-order valence-corrected chi connectivity index (χ0v) is 14.9. The molecule has 124 valence electrons. The molecule has 22 heavy (non-hydrogen) atoms. The predicted molar refractivity (Wildman–Crippen MR) is 89.6 cm³/mol. The zero-order valence-electron chi connectivity index (χ0n) is 14.1. The van der Waals surface area contributed by atoms with Gasteiger partial charge in [-0.25, -0.2) is 12.7 Å². The Bertz CT molecular complexity index is 637. The molecule has 0 aliphatic rings. The molecule has 0 aliphatic heterocycles. The average molecular weight is 326 g/mol. The van der Waals surface area contributed by atoms with Crippen LogP contribution in [0.1, 0.15) is 43.7 Å². The molecule has 0 aliphatic carbocycles. The van der Waals surface area contributed by atoms with Crippen molar-refractivity contribution in [1.82, 2.24) is 4.31 Å². The Hall–Kier alpha value is -1.40. The van der Waals surface area contributed by atoms with E-state index in [0.717, 1.165) is 30.4 Å². The molecule has 0 fully saturated rings. The van der Waals surface area contributed by atoms with Gasteiger partial charge in [0, 0.05) is 26.2 Å². The van der Waals surface area contributed by atoms with Crippen molar-refractivity contribution >= 4 is 21.6 Å². The third-order valence-corrected chi connectivity index (χ3v) is 5.49. The average Bonchev–Trinajstić information content (AvgIpc) is 2.43.